The minimum absolute atomic E-state index is 0.0259. The average Bonchev–Trinajstić information content (AvgIpc) is 3.60. The van der Waals surface area contributed by atoms with E-state index in [0.717, 1.165) is 44.5 Å². The number of benzene rings is 2. The number of carboxylic acids is 1. The summed E-state index contributed by atoms with van der Waals surface area (Å²) in [4.78, 5) is 14.6. The summed E-state index contributed by atoms with van der Waals surface area (Å²) in [6, 6.07) is 10.3. The second-order valence-corrected chi connectivity index (χ2v) is 11.3. The molecule has 2 aromatic rings. The van der Waals surface area contributed by atoms with Crippen molar-refractivity contribution in [1.29, 1.82) is 0 Å². The van der Waals surface area contributed by atoms with Crippen molar-refractivity contribution in [2.24, 2.45) is 11.8 Å². The topological polar surface area (TPSA) is 108 Å². The molecule has 7 rings (SSSR count). The number of aromatic carboxylic acids is 1. The molecule has 8 nitrogen and oxygen atoms in total. The molecule has 2 aromatic carbocycles. The third kappa shape index (κ3) is 3.63. The number of anilines is 2. The van der Waals surface area contributed by atoms with Gasteiger partial charge < -0.3 is 20.1 Å². The Hall–Kier alpha value is -2.78. The van der Waals surface area contributed by atoms with E-state index in [2.05, 4.69) is 14.9 Å². The van der Waals surface area contributed by atoms with Gasteiger partial charge >= 0.3 is 5.97 Å². The van der Waals surface area contributed by atoms with Crippen LogP contribution in [0.1, 0.15) is 41.1 Å². The van der Waals surface area contributed by atoms with Gasteiger partial charge in [0, 0.05) is 18.5 Å². The monoisotopic (exact) mass is 469 g/mol. The van der Waals surface area contributed by atoms with E-state index in [9.17, 15) is 18.3 Å². The first-order chi connectivity index (χ1) is 15.9. The molecule has 9 heteroatoms. The van der Waals surface area contributed by atoms with Gasteiger partial charge in [-0.1, -0.05) is 18.2 Å². The summed E-state index contributed by atoms with van der Waals surface area (Å²) in [5.41, 5.74) is 1.30. The molecule has 1 aliphatic carbocycles. The first kappa shape index (κ1) is 20.8. The molecule has 5 aliphatic rings. The lowest BCUT2D eigenvalue weighted by Gasteiger charge is -2.45. The van der Waals surface area contributed by atoms with Gasteiger partial charge in [-0.3, -0.25) is 4.72 Å². The molecule has 3 N–H and O–H groups in total. The SMILES string of the molecule is O=C(O)c1c(NS(=O)(=O)c2ccccc2N[C@@H]2CN3CCC2CC3)ccc2c1OCC1CC21. The van der Waals surface area contributed by atoms with Crippen LogP contribution in [0.3, 0.4) is 0 Å². The summed E-state index contributed by atoms with van der Waals surface area (Å²) >= 11 is 0. The molecule has 2 unspecified atom stereocenters. The molecular formula is C24H27N3O5S. The van der Waals surface area contributed by atoms with Crippen LogP contribution in [0.25, 0.3) is 0 Å². The van der Waals surface area contributed by atoms with E-state index in [1.165, 1.54) is 0 Å². The summed E-state index contributed by atoms with van der Waals surface area (Å²) in [5.74, 6) is 0.360. The second kappa shape index (κ2) is 7.63. The number of piperidine rings is 3. The van der Waals surface area contributed by atoms with Gasteiger partial charge in [0.25, 0.3) is 10.0 Å². The highest BCUT2D eigenvalue weighted by molar-refractivity contribution is 7.92. The Morgan fingerprint density at radius 2 is 1.85 bits per heavy atom. The zero-order valence-corrected chi connectivity index (χ0v) is 19.0. The Labute approximate surface area is 193 Å². The van der Waals surface area contributed by atoms with Crippen LogP contribution in [0.2, 0.25) is 0 Å². The highest BCUT2D eigenvalue weighted by Crippen LogP contribution is 2.55. The lowest BCUT2D eigenvalue weighted by Crippen LogP contribution is -2.53. The van der Waals surface area contributed by atoms with Gasteiger partial charge in [0.1, 0.15) is 16.2 Å². The lowest BCUT2D eigenvalue weighted by atomic mass is 9.84. The van der Waals surface area contributed by atoms with Crippen molar-refractivity contribution >= 4 is 27.4 Å². The number of nitrogens with zero attached hydrogens (tertiary/aromatic N) is 1. The van der Waals surface area contributed by atoms with E-state index in [1.54, 1.807) is 30.3 Å². The number of carboxylic acid groups (broad SMARTS) is 1. The highest BCUT2D eigenvalue weighted by atomic mass is 32.2. The normalized spacial score (nSPS) is 29.4. The molecular weight excluding hydrogens is 442 g/mol. The molecule has 3 atom stereocenters. The number of hydrogen-bond donors (Lipinski definition) is 3. The van der Waals surface area contributed by atoms with E-state index in [-0.39, 0.29) is 22.2 Å². The number of rotatable bonds is 6. The van der Waals surface area contributed by atoms with Gasteiger partial charge in [-0.25, -0.2) is 13.2 Å². The first-order valence-corrected chi connectivity index (χ1v) is 13.0. The lowest BCUT2D eigenvalue weighted by molar-refractivity contribution is 0.0692. The largest absolute Gasteiger partial charge is 0.492 e. The van der Waals surface area contributed by atoms with Crippen LogP contribution in [-0.4, -0.2) is 56.7 Å². The van der Waals surface area contributed by atoms with Crippen LogP contribution in [-0.2, 0) is 10.0 Å². The quantitative estimate of drug-likeness (QED) is 0.596. The van der Waals surface area contributed by atoms with Crippen LogP contribution in [0.4, 0.5) is 11.4 Å². The standard InChI is InChI=1S/C24H27N3O5S/c28-24(29)22-19(6-5-16-17-11-15(17)13-32-23(16)22)26-33(30,31)21-4-2-1-3-18(21)25-20-12-27-9-7-14(20)8-10-27/h1-6,14-15,17,20,25-26H,7-13H2,(H,28,29)/t15?,17?,20-/m1/s1. The van der Waals surface area contributed by atoms with Crippen molar-refractivity contribution in [3.63, 3.8) is 0 Å². The highest BCUT2D eigenvalue weighted by Gasteiger charge is 2.45. The van der Waals surface area contributed by atoms with E-state index in [0.29, 0.717) is 35.8 Å². The molecule has 33 heavy (non-hydrogen) atoms. The van der Waals surface area contributed by atoms with E-state index < -0.39 is 16.0 Å². The van der Waals surface area contributed by atoms with Crippen molar-refractivity contribution in [2.45, 2.75) is 36.1 Å². The maximum Gasteiger partial charge on any atom is 0.341 e. The van der Waals surface area contributed by atoms with Crippen LogP contribution in [0.5, 0.6) is 5.75 Å². The zero-order chi connectivity index (χ0) is 22.7. The molecule has 3 saturated heterocycles. The summed E-state index contributed by atoms with van der Waals surface area (Å²) in [6.45, 7) is 3.58. The summed E-state index contributed by atoms with van der Waals surface area (Å²) < 4.78 is 35.2. The van der Waals surface area contributed by atoms with Crippen molar-refractivity contribution in [2.75, 3.05) is 36.3 Å². The Balaban J connectivity index is 1.32. The molecule has 4 heterocycles. The Bertz CT molecular complexity index is 1220. The van der Waals surface area contributed by atoms with Crippen LogP contribution in [0.15, 0.2) is 41.3 Å². The smallest absolute Gasteiger partial charge is 0.341 e. The van der Waals surface area contributed by atoms with Crippen molar-refractivity contribution < 1.29 is 23.1 Å². The number of ether oxygens (including phenoxy) is 1. The third-order valence-electron chi connectivity index (χ3n) is 7.58. The fourth-order valence-corrected chi connectivity index (χ4v) is 6.94. The maximum absolute atomic E-state index is 13.4. The third-order valence-corrected chi connectivity index (χ3v) is 9.01. The maximum atomic E-state index is 13.4. The zero-order valence-electron chi connectivity index (χ0n) is 18.2. The number of sulfonamides is 1. The van der Waals surface area contributed by atoms with E-state index in [4.69, 9.17) is 4.74 Å². The summed E-state index contributed by atoms with van der Waals surface area (Å²) in [5, 5.41) is 13.4. The van der Waals surface area contributed by atoms with E-state index >= 15 is 0 Å². The van der Waals surface area contributed by atoms with Crippen molar-refractivity contribution in [3.8, 4) is 5.75 Å². The number of carbonyl (C=O) groups is 1. The van der Waals surface area contributed by atoms with Gasteiger partial charge in [0.15, 0.2) is 0 Å². The molecule has 0 aromatic heterocycles. The van der Waals surface area contributed by atoms with Crippen molar-refractivity contribution in [1.82, 2.24) is 4.90 Å². The van der Waals surface area contributed by atoms with Gasteiger partial charge in [0.05, 0.1) is 18.0 Å². The van der Waals surface area contributed by atoms with Crippen LogP contribution < -0.4 is 14.8 Å². The second-order valence-electron chi connectivity index (χ2n) is 9.62. The number of fused-ring (bicyclic) bond motifs is 6. The van der Waals surface area contributed by atoms with Gasteiger partial charge in [-0.05, 0) is 68.0 Å². The molecule has 0 radical (unpaired) electrons. The molecule has 0 spiro atoms. The summed E-state index contributed by atoms with van der Waals surface area (Å²) in [6.07, 6.45) is 3.21. The Kier molecular flexibility index (Phi) is 4.81. The molecule has 174 valence electrons. The minimum atomic E-state index is -4.04. The average molecular weight is 470 g/mol. The molecule has 1 saturated carbocycles. The minimum Gasteiger partial charge on any atom is -0.492 e. The first-order valence-electron chi connectivity index (χ1n) is 11.5. The van der Waals surface area contributed by atoms with E-state index in [1.807, 2.05) is 6.07 Å². The van der Waals surface area contributed by atoms with Gasteiger partial charge in [0.2, 0.25) is 0 Å². The Morgan fingerprint density at radius 1 is 1.06 bits per heavy atom. The molecule has 2 bridgehead atoms. The van der Waals surface area contributed by atoms with Crippen LogP contribution >= 0.6 is 0 Å². The molecule has 4 fully saturated rings. The summed E-state index contributed by atoms with van der Waals surface area (Å²) in [7, 11) is -4.04. The number of para-hydroxylation sites is 1. The fraction of sp³-hybridized carbons (Fsp3) is 0.458. The predicted molar refractivity (Wildman–Crippen MR) is 124 cm³/mol. The van der Waals surface area contributed by atoms with Crippen LogP contribution in [0, 0.1) is 11.8 Å². The predicted octanol–water partition coefficient (Wildman–Crippen LogP) is 3.19. The number of nitrogens with one attached hydrogen (secondary N) is 2. The Morgan fingerprint density at radius 3 is 2.58 bits per heavy atom. The van der Waals surface area contributed by atoms with Crippen molar-refractivity contribution in [3.05, 3.63) is 47.5 Å². The molecule has 4 aliphatic heterocycles. The molecule has 0 amide bonds. The van der Waals surface area contributed by atoms with Gasteiger partial charge in [-0.15, -0.1) is 0 Å². The van der Waals surface area contributed by atoms with Gasteiger partial charge in [-0.2, -0.15) is 0 Å². The number of hydrogen-bond acceptors (Lipinski definition) is 6. The fourth-order valence-electron chi connectivity index (χ4n) is 5.70.